The fourth-order valence-corrected chi connectivity index (χ4v) is 4.81. The number of nitrogens with one attached hydrogen (secondary N) is 2. The molecule has 0 unspecified atom stereocenters. The highest BCUT2D eigenvalue weighted by atomic mass is 16.1. The number of Topliss-reactive ketones (excluding diaryl/α,β-unsaturated/α-hetero) is 1. The number of allylic oxidation sites excluding steroid dienone is 2. The standard InChI is InChI=1S/C19H14O.C17H22N2O/c20-19(16-11-5-2-6-12-16)18-14-8-7-13-17(18)15-9-3-1-4-10-15;1-3-18-17(19-4-2)12-10-15(11-13-17)16(20)14-8-6-5-7-9-14/h1-14H;5-12,18-19H,3-4,13H2,1-2H3. The molecule has 0 radical (unpaired) electrons. The highest BCUT2D eigenvalue weighted by molar-refractivity contribution is 6.13. The van der Waals surface area contributed by atoms with Crippen molar-refractivity contribution >= 4 is 11.6 Å². The van der Waals surface area contributed by atoms with Gasteiger partial charge in [-0.3, -0.25) is 20.2 Å². The molecule has 0 saturated carbocycles. The normalized spacial score (nSPS) is 13.5. The summed E-state index contributed by atoms with van der Waals surface area (Å²) in [5, 5.41) is 6.89. The van der Waals surface area contributed by atoms with Crippen molar-refractivity contribution in [3.63, 3.8) is 0 Å². The Bertz CT molecular complexity index is 1450. The van der Waals surface area contributed by atoms with E-state index in [9.17, 15) is 9.59 Å². The van der Waals surface area contributed by atoms with E-state index in [0.29, 0.717) is 0 Å². The van der Waals surface area contributed by atoms with Gasteiger partial charge < -0.3 is 0 Å². The molecule has 0 bridgehead atoms. The second-order valence-corrected chi connectivity index (χ2v) is 9.53. The number of hydrogen-bond donors (Lipinski definition) is 2. The smallest absolute Gasteiger partial charge is 0.193 e. The van der Waals surface area contributed by atoms with E-state index in [2.05, 4.69) is 30.6 Å². The van der Waals surface area contributed by atoms with Crippen LogP contribution in [0.15, 0.2) is 139 Å². The lowest BCUT2D eigenvalue weighted by Crippen LogP contribution is -2.55. The zero-order valence-electron chi connectivity index (χ0n) is 23.1. The van der Waals surface area contributed by atoms with Gasteiger partial charge in [-0.25, -0.2) is 0 Å². The summed E-state index contributed by atoms with van der Waals surface area (Å²) in [5.74, 6) is 0.147. The topological polar surface area (TPSA) is 58.2 Å². The van der Waals surface area contributed by atoms with Crippen molar-refractivity contribution in [2.24, 2.45) is 0 Å². The van der Waals surface area contributed by atoms with Gasteiger partial charge in [0.1, 0.15) is 0 Å². The fourth-order valence-electron chi connectivity index (χ4n) is 4.81. The minimum atomic E-state index is -0.218. The summed E-state index contributed by atoms with van der Waals surface area (Å²) in [6, 6.07) is 36.5. The molecule has 0 spiro atoms. The van der Waals surface area contributed by atoms with Crippen molar-refractivity contribution in [3.8, 4) is 11.1 Å². The molecule has 0 saturated heterocycles. The van der Waals surface area contributed by atoms with Crippen LogP contribution < -0.4 is 10.6 Å². The van der Waals surface area contributed by atoms with Gasteiger partial charge in [0.05, 0.1) is 5.66 Å². The van der Waals surface area contributed by atoms with Gasteiger partial charge in [-0.2, -0.15) is 0 Å². The van der Waals surface area contributed by atoms with Gasteiger partial charge in [-0.15, -0.1) is 0 Å². The Morgan fingerprint density at radius 1 is 0.650 bits per heavy atom. The molecular formula is C36H36N2O2. The third-order valence-electron chi connectivity index (χ3n) is 6.77. The van der Waals surface area contributed by atoms with Crippen LogP contribution in [0.4, 0.5) is 0 Å². The van der Waals surface area contributed by atoms with Gasteiger partial charge in [0.2, 0.25) is 0 Å². The molecule has 202 valence electrons. The van der Waals surface area contributed by atoms with Crippen LogP contribution in [0.5, 0.6) is 0 Å². The number of ketones is 2. The maximum absolute atomic E-state index is 12.6. The Hall–Kier alpha value is -4.38. The molecule has 40 heavy (non-hydrogen) atoms. The molecule has 0 fully saturated rings. The first-order valence-corrected chi connectivity index (χ1v) is 13.8. The van der Waals surface area contributed by atoms with Gasteiger partial charge in [-0.05, 0) is 30.3 Å². The monoisotopic (exact) mass is 528 g/mol. The molecule has 1 aliphatic rings. The second-order valence-electron chi connectivity index (χ2n) is 9.53. The molecule has 0 amide bonds. The van der Waals surface area contributed by atoms with E-state index in [0.717, 1.165) is 52.9 Å². The predicted octanol–water partition coefficient (Wildman–Crippen LogP) is 7.26. The Morgan fingerprint density at radius 2 is 1.15 bits per heavy atom. The van der Waals surface area contributed by atoms with E-state index in [1.54, 1.807) is 0 Å². The maximum atomic E-state index is 12.6. The van der Waals surface area contributed by atoms with E-state index in [1.165, 1.54) is 0 Å². The molecule has 0 atom stereocenters. The lowest BCUT2D eigenvalue weighted by Gasteiger charge is -2.34. The van der Waals surface area contributed by atoms with Crippen LogP contribution >= 0.6 is 0 Å². The Balaban J connectivity index is 0.000000185. The molecule has 0 heterocycles. The average molecular weight is 529 g/mol. The van der Waals surface area contributed by atoms with Crippen LogP contribution in [-0.4, -0.2) is 30.3 Å². The number of benzene rings is 4. The van der Waals surface area contributed by atoms with Gasteiger partial charge >= 0.3 is 0 Å². The fraction of sp³-hybridized carbons (Fsp3) is 0.167. The van der Waals surface area contributed by atoms with Gasteiger partial charge in [-0.1, -0.05) is 141 Å². The maximum Gasteiger partial charge on any atom is 0.193 e. The quantitative estimate of drug-likeness (QED) is 0.177. The van der Waals surface area contributed by atoms with Crippen molar-refractivity contribution in [2.45, 2.75) is 25.9 Å². The van der Waals surface area contributed by atoms with Gasteiger partial charge in [0.15, 0.2) is 11.6 Å². The predicted molar refractivity (Wildman–Crippen MR) is 164 cm³/mol. The first-order valence-electron chi connectivity index (χ1n) is 13.8. The Labute approximate surface area is 237 Å². The van der Waals surface area contributed by atoms with E-state index >= 15 is 0 Å². The SMILES string of the molecule is CCNC1(NCC)C=CC(C(=O)c2ccccc2)=CC1.O=C(c1ccccc1)c1ccccc1-c1ccccc1. The minimum absolute atomic E-state index is 0.0602. The van der Waals surface area contributed by atoms with Crippen LogP contribution in [0.1, 0.15) is 46.5 Å². The van der Waals surface area contributed by atoms with Crippen LogP contribution in [0.2, 0.25) is 0 Å². The third kappa shape index (κ3) is 7.17. The molecule has 1 aliphatic carbocycles. The van der Waals surface area contributed by atoms with Crippen LogP contribution in [0.25, 0.3) is 11.1 Å². The molecule has 5 rings (SSSR count). The van der Waals surface area contributed by atoms with E-state index in [-0.39, 0.29) is 17.2 Å². The van der Waals surface area contributed by atoms with E-state index in [4.69, 9.17) is 0 Å². The van der Waals surface area contributed by atoms with E-state index in [1.807, 2.05) is 127 Å². The summed E-state index contributed by atoms with van der Waals surface area (Å²) in [6.45, 7) is 5.93. The van der Waals surface area contributed by atoms with Crippen LogP contribution in [-0.2, 0) is 0 Å². The molecule has 4 aromatic carbocycles. The number of hydrogen-bond acceptors (Lipinski definition) is 4. The molecule has 4 aromatic rings. The highest BCUT2D eigenvalue weighted by Crippen LogP contribution is 2.25. The summed E-state index contributed by atoms with van der Waals surface area (Å²) >= 11 is 0. The van der Waals surface area contributed by atoms with Crippen molar-refractivity contribution < 1.29 is 9.59 Å². The van der Waals surface area contributed by atoms with Gasteiger partial charge in [0, 0.05) is 28.7 Å². The first-order chi connectivity index (χ1) is 19.6. The lowest BCUT2D eigenvalue weighted by molar-refractivity contribution is 0.103. The average Bonchev–Trinajstić information content (AvgIpc) is 3.03. The van der Waals surface area contributed by atoms with Gasteiger partial charge in [0.25, 0.3) is 0 Å². The molecular weight excluding hydrogens is 492 g/mol. The van der Waals surface area contributed by atoms with Crippen molar-refractivity contribution in [2.75, 3.05) is 13.1 Å². The second kappa shape index (κ2) is 14.1. The summed E-state index contributed by atoms with van der Waals surface area (Å²) in [6.07, 6.45) is 6.78. The van der Waals surface area contributed by atoms with Crippen LogP contribution in [0.3, 0.4) is 0 Å². The van der Waals surface area contributed by atoms with E-state index < -0.39 is 0 Å². The minimum Gasteiger partial charge on any atom is -0.296 e. The third-order valence-corrected chi connectivity index (χ3v) is 6.77. The summed E-state index contributed by atoms with van der Waals surface area (Å²) in [4.78, 5) is 25.0. The molecule has 0 aromatic heterocycles. The summed E-state index contributed by atoms with van der Waals surface area (Å²) in [7, 11) is 0. The molecule has 0 aliphatic heterocycles. The number of rotatable bonds is 9. The number of carbonyl (C=O) groups excluding carboxylic acids is 2. The molecule has 2 N–H and O–H groups in total. The zero-order valence-corrected chi connectivity index (χ0v) is 23.1. The number of carbonyl (C=O) groups is 2. The van der Waals surface area contributed by atoms with Crippen molar-refractivity contribution in [3.05, 3.63) is 156 Å². The van der Waals surface area contributed by atoms with Crippen LogP contribution in [0, 0.1) is 0 Å². The Morgan fingerprint density at radius 3 is 1.68 bits per heavy atom. The number of likely N-dealkylation sites (N-methyl/N-ethyl adjacent to an activating group) is 2. The summed E-state index contributed by atoms with van der Waals surface area (Å²) < 4.78 is 0. The molecule has 4 heteroatoms. The Kier molecular flexibility index (Phi) is 10.1. The molecule has 4 nitrogen and oxygen atoms in total. The highest BCUT2D eigenvalue weighted by Gasteiger charge is 2.27. The largest absolute Gasteiger partial charge is 0.296 e. The van der Waals surface area contributed by atoms with Crippen molar-refractivity contribution in [1.29, 1.82) is 0 Å². The summed E-state index contributed by atoms with van der Waals surface area (Å²) in [5.41, 5.74) is 4.78. The van der Waals surface area contributed by atoms with Crippen molar-refractivity contribution in [1.82, 2.24) is 10.6 Å². The first kappa shape index (κ1) is 28.6. The lowest BCUT2D eigenvalue weighted by atomic mass is 9.92. The zero-order chi connectivity index (χ0) is 28.2.